The molecule has 4 heteroatoms. The number of rotatable bonds is 4. The number of hydrogen-bond acceptors (Lipinski definition) is 2. The number of primary amides is 1. The van der Waals surface area contributed by atoms with E-state index >= 15 is 0 Å². The summed E-state index contributed by atoms with van der Waals surface area (Å²) in [6, 6.07) is 10.5. The van der Waals surface area contributed by atoms with Crippen LogP contribution in [0, 0.1) is 0 Å². The molecule has 1 unspecified atom stereocenters. The topological polar surface area (TPSA) is 65.1 Å². The summed E-state index contributed by atoms with van der Waals surface area (Å²) < 4.78 is 1.67. The van der Waals surface area contributed by atoms with Crippen molar-refractivity contribution in [1.82, 2.24) is 4.57 Å². The highest BCUT2D eigenvalue weighted by Crippen LogP contribution is 2.17. The third kappa shape index (κ3) is 2.25. The Kier molecular flexibility index (Phi) is 3.05. The molecule has 0 aliphatic carbocycles. The van der Waals surface area contributed by atoms with Gasteiger partial charge in [0.25, 0.3) is 0 Å². The number of benzene rings is 1. The second-order valence-electron chi connectivity index (χ2n) is 3.70. The van der Waals surface area contributed by atoms with Crippen LogP contribution in [0.5, 0.6) is 0 Å². The first kappa shape index (κ1) is 11.1. The van der Waals surface area contributed by atoms with E-state index in [0.29, 0.717) is 5.56 Å². The Morgan fingerprint density at radius 2 is 1.94 bits per heavy atom. The first-order chi connectivity index (χ1) is 8.22. The minimum atomic E-state index is -0.499. The summed E-state index contributed by atoms with van der Waals surface area (Å²) in [4.78, 5) is 22.1. The summed E-state index contributed by atoms with van der Waals surface area (Å²) in [7, 11) is 0. The Morgan fingerprint density at radius 3 is 2.47 bits per heavy atom. The molecule has 0 aliphatic rings. The number of aldehydes is 1. The quantitative estimate of drug-likeness (QED) is 0.803. The first-order valence-corrected chi connectivity index (χ1v) is 5.20. The normalized spacial score (nSPS) is 12.0. The van der Waals surface area contributed by atoms with E-state index in [1.165, 1.54) is 0 Å². The molecule has 1 atom stereocenters. The van der Waals surface area contributed by atoms with Crippen LogP contribution in [-0.4, -0.2) is 16.8 Å². The fraction of sp³-hybridized carbons (Fsp3) is 0.0769. The van der Waals surface area contributed by atoms with Gasteiger partial charge >= 0.3 is 0 Å². The molecule has 0 fully saturated rings. The molecule has 0 aliphatic heterocycles. The van der Waals surface area contributed by atoms with Crippen LogP contribution in [0.25, 0.3) is 0 Å². The monoisotopic (exact) mass is 228 g/mol. The Hall–Kier alpha value is -2.36. The third-order valence-corrected chi connectivity index (χ3v) is 2.59. The van der Waals surface area contributed by atoms with Gasteiger partial charge in [0.2, 0.25) is 5.91 Å². The third-order valence-electron chi connectivity index (χ3n) is 2.59. The number of nitrogens with two attached hydrogens (primary N) is 1. The fourth-order valence-corrected chi connectivity index (χ4v) is 1.70. The number of amides is 1. The lowest BCUT2D eigenvalue weighted by molar-refractivity contribution is -0.109. The Balaban J connectivity index is 2.36. The highest BCUT2D eigenvalue weighted by atomic mass is 16.1. The van der Waals surface area contributed by atoms with Gasteiger partial charge in [-0.1, -0.05) is 30.3 Å². The average Bonchev–Trinajstić information content (AvgIpc) is 2.81. The second-order valence-corrected chi connectivity index (χ2v) is 3.70. The van der Waals surface area contributed by atoms with Crippen molar-refractivity contribution in [2.45, 2.75) is 6.04 Å². The fourth-order valence-electron chi connectivity index (χ4n) is 1.70. The molecular formula is C13H12N2O2. The molecule has 1 heterocycles. The van der Waals surface area contributed by atoms with Crippen LogP contribution >= 0.6 is 0 Å². The number of nitrogens with zero attached hydrogens (tertiary/aromatic N) is 1. The van der Waals surface area contributed by atoms with Gasteiger partial charge in [-0.2, -0.15) is 0 Å². The molecule has 0 saturated carbocycles. The maximum Gasteiger partial charge on any atom is 0.250 e. The van der Waals surface area contributed by atoms with Gasteiger partial charge in [-0.25, -0.2) is 0 Å². The van der Waals surface area contributed by atoms with Gasteiger partial charge in [0.05, 0.1) is 5.56 Å². The summed E-state index contributed by atoms with van der Waals surface area (Å²) in [5, 5.41) is 0. The summed E-state index contributed by atoms with van der Waals surface area (Å²) in [5.41, 5.74) is 6.43. The lowest BCUT2D eigenvalue weighted by Gasteiger charge is -2.12. The van der Waals surface area contributed by atoms with Crippen molar-refractivity contribution in [3.8, 4) is 0 Å². The maximum absolute atomic E-state index is 11.1. The average molecular weight is 228 g/mol. The van der Waals surface area contributed by atoms with Crippen LogP contribution in [0.15, 0.2) is 48.8 Å². The maximum atomic E-state index is 11.1. The largest absolute Gasteiger partial charge is 0.366 e. The highest BCUT2D eigenvalue weighted by Gasteiger charge is 2.13. The van der Waals surface area contributed by atoms with E-state index in [9.17, 15) is 9.59 Å². The van der Waals surface area contributed by atoms with Crippen LogP contribution in [0.4, 0.5) is 0 Å². The smallest absolute Gasteiger partial charge is 0.250 e. The molecule has 0 saturated heterocycles. The Labute approximate surface area is 98.7 Å². The van der Waals surface area contributed by atoms with Crippen molar-refractivity contribution in [2.24, 2.45) is 5.73 Å². The Morgan fingerprint density at radius 1 is 1.24 bits per heavy atom. The van der Waals surface area contributed by atoms with Gasteiger partial charge in [0, 0.05) is 12.4 Å². The summed E-state index contributed by atoms with van der Waals surface area (Å²) >= 11 is 0. The van der Waals surface area contributed by atoms with E-state index in [0.717, 1.165) is 11.8 Å². The zero-order valence-electron chi connectivity index (χ0n) is 9.11. The molecule has 86 valence electrons. The molecule has 1 aromatic carbocycles. The molecule has 2 N–H and O–H groups in total. The van der Waals surface area contributed by atoms with E-state index < -0.39 is 11.9 Å². The zero-order valence-corrected chi connectivity index (χ0v) is 9.11. The molecule has 2 rings (SSSR count). The van der Waals surface area contributed by atoms with Crippen LogP contribution in [0.2, 0.25) is 0 Å². The van der Waals surface area contributed by atoms with Crippen LogP contribution in [0.3, 0.4) is 0 Å². The van der Waals surface area contributed by atoms with Gasteiger partial charge in [0.15, 0.2) is 0 Å². The SMILES string of the molecule is NC(=O)c1ccn(C(C=O)c2ccccc2)c1. The second kappa shape index (κ2) is 4.65. The molecule has 1 aromatic heterocycles. The lowest BCUT2D eigenvalue weighted by atomic mass is 10.1. The molecular weight excluding hydrogens is 216 g/mol. The Bertz CT molecular complexity index is 531. The highest BCUT2D eigenvalue weighted by molar-refractivity contribution is 5.92. The zero-order chi connectivity index (χ0) is 12.3. The summed E-state index contributed by atoms with van der Waals surface area (Å²) in [6.45, 7) is 0. The van der Waals surface area contributed by atoms with Crippen LogP contribution < -0.4 is 5.73 Å². The molecule has 0 spiro atoms. The lowest BCUT2D eigenvalue weighted by Crippen LogP contribution is -2.12. The van der Waals surface area contributed by atoms with Gasteiger partial charge < -0.3 is 15.1 Å². The molecule has 2 aromatic rings. The van der Waals surface area contributed by atoms with Crippen molar-refractivity contribution in [3.63, 3.8) is 0 Å². The molecule has 1 amide bonds. The number of carbonyl (C=O) groups excluding carboxylic acids is 2. The summed E-state index contributed by atoms with van der Waals surface area (Å²) in [5.74, 6) is -0.499. The standard InChI is InChI=1S/C13H12N2O2/c14-13(17)11-6-7-15(8-11)12(9-16)10-4-2-1-3-5-10/h1-9,12H,(H2,14,17). The van der Waals surface area contributed by atoms with Crippen LogP contribution in [0.1, 0.15) is 22.0 Å². The molecule has 17 heavy (non-hydrogen) atoms. The van der Waals surface area contributed by atoms with Crippen molar-refractivity contribution < 1.29 is 9.59 Å². The van der Waals surface area contributed by atoms with E-state index in [-0.39, 0.29) is 0 Å². The van der Waals surface area contributed by atoms with Crippen molar-refractivity contribution in [2.75, 3.05) is 0 Å². The minimum Gasteiger partial charge on any atom is -0.366 e. The van der Waals surface area contributed by atoms with Gasteiger partial charge in [-0.15, -0.1) is 0 Å². The van der Waals surface area contributed by atoms with Crippen molar-refractivity contribution >= 4 is 12.2 Å². The van der Waals surface area contributed by atoms with Crippen LogP contribution in [-0.2, 0) is 4.79 Å². The van der Waals surface area contributed by atoms with E-state index in [1.54, 1.807) is 23.0 Å². The summed E-state index contributed by atoms with van der Waals surface area (Å²) in [6.07, 6.45) is 4.08. The predicted molar refractivity (Wildman–Crippen MR) is 63.6 cm³/mol. The van der Waals surface area contributed by atoms with Crippen molar-refractivity contribution in [3.05, 3.63) is 59.9 Å². The molecule has 0 bridgehead atoms. The predicted octanol–water partition coefficient (Wildman–Crippen LogP) is 1.38. The first-order valence-electron chi connectivity index (χ1n) is 5.20. The van der Waals surface area contributed by atoms with E-state index in [1.807, 2.05) is 30.3 Å². The van der Waals surface area contributed by atoms with Gasteiger partial charge in [-0.05, 0) is 11.6 Å². The molecule has 0 radical (unpaired) electrons. The minimum absolute atomic E-state index is 0.396. The molecule has 4 nitrogen and oxygen atoms in total. The van der Waals surface area contributed by atoms with Gasteiger partial charge in [0.1, 0.15) is 12.3 Å². The van der Waals surface area contributed by atoms with Gasteiger partial charge in [-0.3, -0.25) is 4.79 Å². The van der Waals surface area contributed by atoms with Crippen molar-refractivity contribution in [1.29, 1.82) is 0 Å². The number of aromatic nitrogens is 1. The number of carbonyl (C=O) groups is 2. The van der Waals surface area contributed by atoms with E-state index in [2.05, 4.69) is 0 Å². The number of hydrogen-bond donors (Lipinski definition) is 1. The van der Waals surface area contributed by atoms with E-state index in [4.69, 9.17) is 5.73 Å².